The van der Waals surface area contributed by atoms with E-state index in [9.17, 15) is 9.59 Å². The average molecular weight is 552 g/mol. The molecule has 2 aromatic carbocycles. The fraction of sp³-hybridized carbons (Fsp3) is 0.355. The molecule has 41 heavy (non-hydrogen) atoms. The number of nitrogens with one attached hydrogen (secondary N) is 1. The number of fused-ring (bicyclic) bond motifs is 1. The minimum absolute atomic E-state index is 0.0135. The molecule has 1 N–H and O–H groups in total. The van der Waals surface area contributed by atoms with Crippen LogP contribution in [0.5, 0.6) is 5.75 Å². The van der Waals surface area contributed by atoms with E-state index in [4.69, 9.17) is 11.2 Å². The first-order valence-electron chi connectivity index (χ1n) is 13.6. The van der Waals surface area contributed by atoms with E-state index in [1.807, 2.05) is 48.5 Å². The predicted octanol–water partition coefficient (Wildman–Crippen LogP) is 1.47. The molecule has 0 bridgehead atoms. The lowest BCUT2D eigenvalue weighted by atomic mass is 10.1. The van der Waals surface area contributed by atoms with Gasteiger partial charge in [0.2, 0.25) is 5.82 Å². The van der Waals surface area contributed by atoms with Crippen LogP contribution in [0.1, 0.15) is 28.7 Å². The maximum Gasteiger partial charge on any atom is 0.291 e. The van der Waals surface area contributed by atoms with Crippen molar-refractivity contribution in [3.05, 3.63) is 71.8 Å². The molecule has 2 aliphatic rings. The first-order chi connectivity index (χ1) is 19.9. The van der Waals surface area contributed by atoms with E-state index in [1.165, 1.54) is 11.2 Å². The number of rotatable bonds is 6. The Balaban J connectivity index is 1.22. The molecule has 10 heteroatoms. The number of aromatic nitrogens is 3. The summed E-state index contributed by atoms with van der Waals surface area (Å²) in [6, 6.07) is 14.4. The summed E-state index contributed by atoms with van der Waals surface area (Å²) in [5, 5.41) is 7.06. The largest absolute Gasteiger partial charge is 0.486 e. The van der Waals surface area contributed by atoms with Crippen molar-refractivity contribution in [2.24, 2.45) is 0 Å². The lowest BCUT2D eigenvalue weighted by Crippen LogP contribution is -2.53. The van der Waals surface area contributed by atoms with E-state index in [2.05, 4.69) is 43.0 Å². The minimum atomic E-state index is -0.927. The maximum absolute atomic E-state index is 13.5. The third-order valence-corrected chi connectivity index (χ3v) is 7.23. The van der Waals surface area contributed by atoms with Crippen LogP contribution < -0.4 is 15.0 Å². The van der Waals surface area contributed by atoms with Gasteiger partial charge in [-0.1, -0.05) is 48.1 Å². The zero-order chi connectivity index (χ0) is 28.8. The van der Waals surface area contributed by atoms with Crippen molar-refractivity contribution < 1.29 is 14.3 Å². The monoisotopic (exact) mass is 551 g/mol. The molecule has 2 atom stereocenters. The predicted molar refractivity (Wildman–Crippen MR) is 155 cm³/mol. The highest BCUT2D eigenvalue weighted by molar-refractivity contribution is 6.02. The summed E-state index contributed by atoms with van der Waals surface area (Å²) < 4.78 is 7.70. The quantitative estimate of drug-likeness (QED) is 0.464. The Bertz CT molecular complexity index is 1490. The number of benzene rings is 2. The summed E-state index contributed by atoms with van der Waals surface area (Å²) in [4.78, 5) is 36.7. The zero-order valence-electron chi connectivity index (χ0n) is 23.3. The molecule has 1 saturated heterocycles. The van der Waals surface area contributed by atoms with Gasteiger partial charge in [0, 0.05) is 38.8 Å². The van der Waals surface area contributed by atoms with Gasteiger partial charge in [-0.2, -0.15) is 0 Å². The molecule has 5 rings (SSSR count). The van der Waals surface area contributed by atoms with Gasteiger partial charge >= 0.3 is 0 Å². The van der Waals surface area contributed by atoms with Gasteiger partial charge in [-0.15, -0.1) is 11.5 Å². The van der Waals surface area contributed by atoms with E-state index in [1.54, 1.807) is 18.7 Å². The van der Waals surface area contributed by atoms with Crippen LogP contribution in [-0.4, -0.2) is 94.8 Å². The van der Waals surface area contributed by atoms with E-state index < -0.39 is 18.1 Å². The summed E-state index contributed by atoms with van der Waals surface area (Å²) in [7, 11) is 1.67. The molecule has 210 valence electrons. The number of terminal acetylenes is 1. The first kappa shape index (κ1) is 27.9. The number of carbonyl (C=O) groups excluding carboxylic acids is 2. The highest BCUT2D eigenvalue weighted by Crippen LogP contribution is 2.33. The van der Waals surface area contributed by atoms with Gasteiger partial charge in [-0.05, 0) is 30.7 Å². The standard InChI is InChI=1S/C31H33N7O3/c1-4-14-36-16-18-37(19-17-36)15-8-11-24-12-13-27-26(20-24)35(3)31(40)28(23(2)41-27)33-30(39)29-32-22-38(34-29)21-25-9-6-5-7-10-25/h1,5-7,9-10,12-13,20,22-23,28H,14-19,21H2,2-3H3,(H,33,39)/t23-,28-/m0/s1. The van der Waals surface area contributed by atoms with Crippen LogP contribution in [0.15, 0.2) is 54.9 Å². The van der Waals surface area contributed by atoms with Crippen molar-refractivity contribution in [3.8, 4) is 29.9 Å². The number of nitrogens with zero attached hydrogens (tertiary/aromatic N) is 6. The van der Waals surface area contributed by atoms with Gasteiger partial charge in [0.25, 0.3) is 11.8 Å². The molecule has 1 fully saturated rings. The second kappa shape index (κ2) is 12.7. The fourth-order valence-corrected chi connectivity index (χ4v) is 4.87. The smallest absolute Gasteiger partial charge is 0.291 e. The minimum Gasteiger partial charge on any atom is -0.486 e. The number of hydrogen-bond acceptors (Lipinski definition) is 7. The highest BCUT2D eigenvalue weighted by Gasteiger charge is 2.36. The second-order valence-electron chi connectivity index (χ2n) is 10.2. The number of amides is 2. The normalized spacial score (nSPS) is 19.2. The molecule has 2 aliphatic heterocycles. The highest BCUT2D eigenvalue weighted by atomic mass is 16.5. The molecule has 10 nitrogen and oxygen atoms in total. The van der Waals surface area contributed by atoms with Crippen LogP contribution in [0.3, 0.4) is 0 Å². The van der Waals surface area contributed by atoms with Gasteiger partial charge in [-0.3, -0.25) is 19.4 Å². The van der Waals surface area contributed by atoms with E-state index in [0.29, 0.717) is 31.1 Å². The fourth-order valence-electron chi connectivity index (χ4n) is 4.87. The number of carbonyl (C=O) groups is 2. The maximum atomic E-state index is 13.5. The molecule has 0 spiro atoms. The number of ether oxygens (including phenoxy) is 1. The van der Waals surface area contributed by atoms with Crippen LogP contribution in [0, 0.1) is 24.2 Å². The summed E-state index contributed by atoms with van der Waals surface area (Å²) in [6.07, 6.45) is 6.29. The molecule has 0 saturated carbocycles. The lowest BCUT2D eigenvalue weighted by molar-refractivity contribution is -0.121. The second-order valence-corrected chi connectivity index (χ2v) is 10.2. The SMILES string of the molecule is C#CCN1CCN(CC#Cc2ccc3c(c2)N(C)C(=O)[C@@H](NC(=O)c2ncn(Cc4ccccc4)n2)[C@H](C)O3)CC1. The summed E-state index contributed by atoms with van der Waals surface area (Å²) >= 11 is 0. The van der Waals surface area contributed by atoms with Crippen molar-refractivity contribution in [3.63, 3.8) is 0 Å². The lowest BCUT2D eigenvalue weighted by Gasteiger charge is -2.32. The number of piperazine rings is 1. The van der Waals surface area contributed by atoms with E-state index in [-0.39, 0.29) is 11.7 Å². The van der Waals surface area contributed by atoms with Crippen molar-refractivity contribution in [1.82, 2.24) is 29.9 Å². The molecule has 1 aromatic heterocycles. The van der Waals surface area contributed by atoms with Crippen molar-refractivity contribution >= 4 is 17.5 Å². The Morgan fingerprint density at radius 3 is 2.56 bits per heavy atom. The number of anilines is 1. The number of hydrogen-bond donors (Lipinski definition) is 1. The van der Waals surface area contributed by atoms with Crippen molar-refractivity contribution in [2.45, 2.75) is 25.6 Å². The summed E-state index contributed by atoms with van der Waals surface area (Å²) in [6.45, 7) is 7.32. The Morgan fingerprint density at radius 2 is 1.83 bits per heavy atom. The Kier molecular flexibility index (Phi) is 8.64. The Hall–Kier alpha value is -4.64. The molecular formula is C31H33N7O3. The average Bonchev–Trinajstić information content (AvgIpc) is 3.43. The molecule has 3 aromatic rings. The van der Waals surface area contributed by atoms with Gasteiger partial charge in [0.15, 0.2) is 0 Å². The Labute approximate surface area is 240 Å². The Morgan fingerprint density at radius 1 is 1.10 bits per heavy atom. The van der Waals surface area contributed by atoms with Crippen LogP contribution in [0.4, 0.5) is 5.69 Å². The van der Waals surface area contributed by atoms with E-state index in [0.717, 1.165) is 37.3 Å². The van der Waals surface area contributed by atoms with Crippen LogP contribution in [0.2, 0.25) is 0 Å². The molecule has 2 amide bonds. The molecular weight excluding hydrogens is 518 g/mol. The van der Waals surface area contributed by atoms with Crippen molar-refractivity contribution in [2.75, 3.05) is 51.2 Å². The third-order valence-electron chi connectivity index (χ3n) is 7.23. The topological polar surface area (TPSA) is 95.8 Å². The summed E-state index contributed by atoms with van der Waals surface area (Å²) in [5.74, 6) is 8.84. The molecule has 3 heterocycles. The molecule has 0 aliphatic carbocycles. The number of likely N-dealkylation sites (N-methyl/N-ethyl adjacent to an activating group) is 1. The van der Waals surface area contributed by atoms with Crippen molar-refractivity contribution in [1.29, 1.82) is 0 Å². The van der Waals surface area contributed by atoms with Crippen LogP contribution in [0.25, 0.3) is 0 Å². The molecule has 0 radical (unpaired) electrons. The van der Waals surface area contributed by atoms with Crippen LogP contribution in [-0.2, 0) is 11.3 Å². The first-order valence-corrected chi connectivity index (χ1v) is 13.6. The van der Waals surface area contributed by atoms with Gasteiger partial charge < -0.3 is 15.0 Å². The van der Waals surface area contributed by atoms with Gasteiger partial charge in [0.05, 0.1) is 25.3 Å². The van der Waals surface area contributed by atoms with Gasteiger partial charge in [0.1, 0.15) is 24.2 Å². The molecule has 0 unspecified atom stereocenters. The van der Waals surface area contributed by atoms with Gasteiger partial charge in [-0.25, -0.2) is 9.67 Å². The van der Waals surface area contributed by atoms with E-state index >= 15 is 0 Å². The summed E-state index contributed by atoms with van der Waals surface area (Å²) in [5.41, 5.74) is 2.41. The third kappa shape index (κ3) is 6.75. The zero-order valence-corrected chi connectivity index (χ0v) is 23.3. The van der Waals surface area contributed by atoms with Crippen LogP contribution >= 0.6 is 0 Å².